The summed E-state index contributed by atoms with van der Waals surface area (Å²) in [5.41, 5.74) is -0.511. The van der Waals surface area contributed by atoms with E-state index in [1.54, 1.807) is 0 Å². The number of nitrogens with one attached hydrogen (secondary N) is 2. The number of carbonyl (C=O) groups is 2. The summed E-state index contributed by atoms with van der Waals surface area (Å²) in [6, 6.07) is 0.196. The van der Waals surface area contributed by atoms with Gasteiger partial charge in [-0.2, -0.15) is 0 Å². The van der Waals surface area contributed by atoms with E-state index in [-0.39, 0.29) is 6.42 Å². The molecule has 0 fully saturated rings. The molecule has 3 N–H and O–H groups in total. The summed E-state index contributed by atoms with van der Waals surface area (Å²) in [6.45, 7) is 0. The second-order valence-electron chi connectivity index (χ2n) is 4.49. The molecule has 8 heteroatoms. The van der Waals surface area contributed by atoms with Gasteiger partial charge in [0.15, 0.2) is 17.5 Å². The highest BCUT2D eigenvalue weighted by Crippen LogP contribution is 2.20. The Bertz CT molecular complexity index is 619. The predicted octanol–water partition coefficient (Wildman–Crippen LogP) is 2.25. The largest absolute Gasteiger partial charge is 0.481 e. The first-order valence-electron chi connectivity index (χ1n) is 6.00. The van der Waals surface area contributed by atoms with Crippen molar-refractivity contribution in [3.8, 4) is 0 Å². The Morgan fingerprint density at radius 2 is 1.86 bits per heavy atom. The van der Waals surface area contributed by atoms with E-state index in [2.05, 4.69) is 5.32 Å². The van der Waals surface area contributed by atoms with Gasteiger partial charge in [0.2, 0.25) is 0 Å². The van der Waals surface area contributed by atoms with Gasteiger partial charge >= 0.3 is 12.0 Å². The Morgan fingerprint density at radius 1 is 1.14 bits per heavy atom. The molecule has 112 valence electrons. The number of aliphatic carboxylic acids is 1. The van der Waals surface area contributed by atoms with Crippen LogP contribution in [0.3, 0.4) is 0 Å². The van der Waals surface area contributed by atoms with Crippen LogP contribution in [0.1, 0.15) is 6.42 Å². The summed E-state index contributed by atoms with van der Waals surface area (Å²) in [5.74, 6) is -6.26. The third-order valence-corrected chi connectivity index (χ3v) is 3.00. The Hall–Kier alpha value is -2.51. The van der Waals surface area contributed by atoms with Gasteiger partial charge in [-0.1, -0.05) is 12.2 Å². The third-order valence-electron chi connectivity index (χ3n) is 3.00. The van der Waals surface area contributed by atoms with E-state index in [0.717, 1.165) is 6.07 Å². The van der Waals surface area contributed by atoms with Crippen LogP contribution in [-0.4, -0.2) is 23.1 Å². The van der Waals surface area contributed by atoms with E-state index >= 15 is 0 Å². The fourth-order valence-corrected chi connectivity index (χ4v) is 1.94. The number of anilines is 1. The molecule has 0 heterocycles. The molecule has 2 rings (SSSR count). The first-order valence-corrected chi connectivity index (χ1v) is 6.00. The number of amides is 2. The van der Waals surface area contributed by atoms with Gasteiger partial charge in [0.1, 0.15) is 0 Å². The normalized spacial score (nSPS) is 20.3. The highest BCUT2D eigenvalue weighted by atomic mass is 19.2. The Morgan fingerprint density at radius 3 is 2.48 bits per heavy atom. The Kier molecular flexibility index (Phi) is 4.15. The van der Waals surface area contributed by atoms with Gasteiger partial charge in [0.25, 0.3) is 0 Å². The van der Waals surface area contributed by atoms with E-state index in [4.69, 9.17) is 5.11 Å². The van der Waals surface area contributed by atoms with E-state index < -0.39 is 47.1 Å². The molecular weight excluding hydrogens is 289 g/mol. The fraction of sp³-hybridized carbons (Fsp3) is 0.231. The van der Waals surface area contributed by atoms with Crippen molar-refractivity contribution < 1.29 is 27.9 Å². The molecule has 1 aliphatic carbocycles. The number of benzene rings is 1. The molecule has 1 aromatic carbocycles. The lowest BCUT2D eigenvalue weighted by Gasteiger charge is -2.13. The van der Waals surface area contributed by atoms with Crippen LogP contribution in [0.4, 0.5) is 23.7 Å². The van der Waals surface area contributed by atoms with E-state index in [0.29, 0.717) is 6.07 Å². The number of rotatable bonds is 3. The first-order chi connectivity index (χ1) is 9.88. The topological polar surface area (TPSA) is 78.4 Å². The summed E-state index contributed by atoms with van der Waals surface area (Å²) < 4.78 is 39.1. The van der Waals surface area contributed by atoms with E-state index in [1.807, 2.05) is 5.32 Å². The van der Waals surface area contributed by atoms with E-state index in [1.165, 1.54) is 12.2 Å². The lowest BCUT2D eigenvalue weighted by molar-refractivity contribution is -0.140. The van der Waals surface area contributed by atoms with Crippen molar-refractivity contribution in [3.63, 3.8) is 0 Å². The molecule has 0 bridgehead atoms. The summed E-state index contributed by atoms with van der Waals surface area (Å²) in [5, 5.41) is 13.2. The van der Waals surface area contributed by atoms with Crippen LogP contribution in [-0.2, 0) is 4.79 Å². The molecule has 21 heavy (non-hydrogen) atoms. The van der Waals surface area contributed by atoms with Gasteiger partial charge in [-0.25, -0.2) is 18.0 Å². The number of halogens is 3. The average molecular weight is 300 g/mol. The van der Waals surface area contributed by atoms with Gasteiger partial charge < -0.3 is 15.7 Å². The molecule has 0 saturated carbocycles. The van der Waals surface area contributed by atoms with Gasteiger partial charge in [-0.15, -0.1) is 0 Å². The maximum absolute atomic E-state index is 13.4. The highest BCUT2D eigenvalue weighted by Gasteiger charge is 2.25. The maximum atomic E-state index is 13.4. The number of urea groups is 1. The second-order valence-corrected chi connectivity index (χ2v) is 4.49. The first kappa shape index (κ1) is 14.9. The van der Waals surface area contributed by atoms with Crippen LogP contribution < -0.4 is 10.6 Å². The fourth-order valence-electron chi connectivity index (χ4n) is 1.94. The molecule has 0 spiro atoms. The Balaban J connectivity index is 1.96. The van der Waals surface area contributed by atoms with Gasteiger partial charge in [0.05, 0.1) is 17.6 Å². The quantitative estimate of drug-likeness (QED) is 0.592. The van der Waals surface area contributed by atoms with Crippen molar-refractivity contribution in [2.45, 2.75) is 12.5 Å². The third kappa shape index (κ3) is 3.33. The number of hydrogen-bond acceptors (Lipinski definition) is 2. The number of carbonyl (C=O) groups excluding carboxylic acids is 1. The number of hydrogen-bond donors (Lipinski definition) is 3. The van der Waals surface area contributed by atoms with Crippen molar-refractivity contribution in [3.05, 3.63) is 41.7 Å². The summed E-state index contributed by atoms with van der Waals surface area (Å²) in [4.78, 5) is 22.3. The second kappa shape index (κ2) is 5.86. The van der Waals surface area contributed by atoms with Gasteiger partial charge in [-0.05, 0) is 18.6 Å². The van der Waals surface area contributed by atoms with Crippen molar-refractivity contribution >= 4 is 17.7 Å². The summed E-state index contributed by atoms with van der Waals surface area (Å²) >= 11 is 0. The SMILES string of the molecule is O=C(Nc1ccc(F)c(F)c1F)NC1C=CC(C(=O)O)C1. The standard InChI is InChI=1S/C13H11F3N2O3/c14-8-3-4-9(11(16)10(8)15)18-13(21)17-7-2-1-6(5-7)12(19)20/h1-4,6-7H,5H2,(H,19,20)(H2,17,18,21). The lowest BCUT2D eigenvalue weighted by Crippen LogP contribution is -2.36. The van der Waals surface area contributed by atoms with E-state index in [9.17, 15) is 22.8 Å². The minimum Gasteiger partial charge on any atom is -0.481 e. The minimum absolute atomic E-state index is 0.170. The molecule has 0 radical (unpaired) electrons. The van der Waals surface area contributed by atoms with Crippen molar-refractivity contribution in [1.29, 1.82) is 0 Å². The smallest absolute Gasteiger partial charge is 0.319 e. The molecule has 2 unspecified atom stereocenters. The van der Waals surface area contributed by atoms with Crippen LogP contribution in [0, 0.1) is 23.4 Å². The zero-order valence-corrected chi connectivity index (χ0v) is 10.6. The van der Waals surface area contributed by atoms with Crippen LogP contribution in [0.5, 0.6) is 0 Å². The molecule has 1 aromatic rings. The molecule has 2 amide bonds. The van der Waals surface area contributed by atoms with Crippen molar-refractivity contribution in [1.82, 2.24) is 5.32 Å². The molecular formula is C13H11F3N2O3. The number of carboxylic acids is 1. The van der Waals surface area contributed by atoms with Crippen LogP contribution in [0.2, 0.25) is 0 Å². The molecule has 0 aromatic heterocycles. The van der Waals surface area contributed by atoms with Gasteiger partial charge in [0, 0.05) is 0 Å². The summed E-state index contributed by atoms with van der Waals surface area (Å²) in [6.07, 6.45) is 3.11. The number of carboxylic acid groups (broad SMARTS) is 1. The Labute approximate surface area is 117 Å². The van der Waals surface area contributed by atoms with Crippen LogP contribution in [0.25, 0.3) is 0 Å². The minimum atomic E-state index is -1.68. The zero-order chi connectivity index (χ0) is 15.6. The summed E-state index contributed by atoms with van der Waals surface area (Å²) in [7, 11) is 0. The average Bonchev–Trinajstić information content (AvgIpc) is 2.88. The van der Waals surface area contributed by atoms with Gasteiger partial charge in [-0.3, -0.25) is 4.79 Å². The molecule has 0 aliphatic heterocycles. The molecule has 0 saturated heterocycles. The molecule has 5 nitrogen and oxygen atoms in total. The highest BCUT2D eigenvalue weighted by molar-refractivity contribution is 5.89. The van der Waals surface area contributed by atoms with Crippen molar-refractivity contribution in [2.75, 3.05) is 5.32 Å². The maximum Gasteiger partial charge on any atom is 0.319 e. The lowest BCUT2D eigenvalue weighted by atomic mass is 10.1. The predicted molar refractivity (Wildman–Crippen MR) is 67.1 cm³/mol. The molecule has 1 aliphatic rings. The van der Waals surface area contributed by atoms with Crippen LogP contribution in [0.15, 0.2) is 24.3 Å². The van der Waals surface area contributed by atoms with Crippen molar-refractivity contribution in [2.24, 2.45) is 5.92 Å². The molecule has 2 atom stereocenters. The monoisotopic (exact) mass is 300 g/mol. The van der Waals surface area contributed by atoms with Crippen LogP contribution >= 0.6 is 0 Å². The zero-order valence-electron chi connectivity index (χ0n) is 10.6.